The predicted octanol–water partition coefficient (Wildman–Crippen LogP) is 3.34. The second-order valence-electron chi connectivity index (χ2n) is 4.40. The van der Waals surface area contributed by atoms with Gasteiger partial charge < -0.3 is 9.72 Å². The highest BCUT2D eigenvalue weighted by Crippen LogP contribution is 2.36. The molecule has 1 aromatic heterocycles. The summed E-state index contributed by atoms with van der Waals surface area (Å²) in [7, 11) is 1.77. The van der Waals surface area contributed by atoms with Crippen LogP contribution in [0.5, 0.6) is 0 Å². The van der Waals surface area contributed by atoms with E-state index in [1.54, 1.807) is 19.4 Å². The first-order valence-corrected chi connectivity index (χ1v) is 6.29. The molecule has 1 aromatic rings. The van der Waals surface area contributed by atoms with E-state index in [1.807, 2.05) is 0 Å². The third kappa shape index (κ3) is 2.33. The van der Waals surface area contributed by atoms with E-state index in [0.717, 1.165) is 23.3 Å². The largest absolute Gasteiger partial charge is 0.370 e. The number of nitrogens with zero attached hydrogens (tertiary/aromatic N) is 1. The number of methoxy groups -OCH3 is 1. The van der Waals surface area contributed by atoms with Crippen molar-refractivity contribution in [2.24, 2.45) is 0 Å². The maximum Gasteiger partial charge on any atom is 0.139 e. The average Bonchev–Trinajstić information content (AvgIpc) is 2.55. The molecule has 1 N–H and O–H groups in total. The molecule has 0 atom stereocenters. The number of hydrogen-bond donors (Lipinski definition) is 1. The maximum atomic E-state index is 5.76. The quantitative estimate of drug-likeness (QED) is 0.634. The van der Waals surface area contributed by atoms with Gasteiger partial charge in [-0.15, -0.1) is 0 Å². The van der Waals surface area contributed by atoms with Crippen LogP contribution >= 0.6 is 12.2 Å². The van der Waals surface area contributed by atoms with Crippen LogP contribution in [-0.2, 0) is 10.3 Å². The topological polar surface area (TPSA) is 37.9 Å². The molecule has 0 unspecified atom stereocenters. The molecule has 0 saturated heterocycles. The molecule has 2 rings (SSSR count). The molecule has 1 aliphatic carbocycles. The average molecular weight is 238 g/mol. The van der Waals surface area contributed by atoms with Gasteiger partial charge >= 0.3 is 0 Å². The first kappa shape index (κ1) is 11.7. The Balaban J connectivity index is 2.35. The molecule has 1 aliphatic rings. The fraction of sp³-hybridized carbons (Fsp3) is 0.667. The molecule has 3 nitrogen and oxygen atoms in total. The fourth-order valence-corrected chi connectivity index (χ4v) is 2.60. The monoisotopic (exact) mass is 238 g/mol. The van der Waals surface area contributed by atoms with Gasteiger partial charge in [0.05, 0.1) is 0 Å². The van der Waals surface area contributed by atoms with E-state index in [9.17, 15) is 0 Å². The highest BCUT2D eigenvalue weighted by Gasteiger charge is 2.34. The zero-order valence-corrected chi connectivity index (χ0v) is 10.5. The molecular weight excluding hydrogens is 220 g/mol. The van der Waals surface area contributed by atoms with E-state index in [-0.39, 0.29) is 5.60 Å². The standard InChI is InChI=1S/C12H18N2OS/c1-15-12(7-4-2-3-5-8-12)11-13-9-6-10(16)14-11/h6,9H,2-5,7-8H2,1H3,(H,13,14,16). The van der Waals surface area contributed by atoms with E-state index < -0.39 is 0 Å². The number of H-pyrrole nitrogens is 1. The van der Waals surface area contributed by atoms with Crippen molar-refractivity contribution in [1.82, 2.24) is 9.97 Å². The molecule has 0 aliphatic heterocycles. The van der Waals surface area contributed by atoms with Crippen LogP contribution in [0.4, 0.5) is 0 Å². The summed E-state index contributed by atoms with van der Waals surface area (Å²) < 4.78 is 6.49. The molecule has 88 valence electrons. The van der Waals surface area contributed by atoms with Crippen molar-refractivity contribution in [3.63, 3.8) is 0 Å². The number of aromatic amines is 1. The lowest BCUT2D eigenvalue weighted by Gasteiger charge is -2.30. The van der Waals surface area contributed by atoms with Crippen LogP contribution in [0.3, 0.4) is 0 Å². The molecule has 0 aromatic carbocycles. The molecule has 4 heteroatoms. The van der Waals surface area contributed by atoms with Gasteiger partial charge in [0.1, 0.15) is 16.1 Å². The summed E-state index contributed by atoms with van der Waals surface area (Å²) in [5.74, 6) is 0.893. The van der Waals surface area contributed by atoms with Crippen LogP contribution in [0.15, 0.2) is 12.3 Å². The van der Waals surface area contributed by atoms with Crippen molar-refractivity contribution < 1.29 is 4.74 Å². The van der Waals surface area contributed by atoms with Crippen LogP contribution < -0.4 is 0 Å². The van der Waals surface area contributed by atoms with Crippen LogP contribution in [0.25, 0.3) is 0 Å². The Bertz CT molecular complexity index is 394. The number of rotatable bonds is 2. The number of ether oxygens (including phenoxy) is 1. The molecule has 1 fully saturated rings. The Morgan fingerprint density at radius 3 is 2.56 bits per heavy atom. The SMILES string of the molecule is COC1(c2nccc(=S)[nH]2)CCCCCC1. The highest BCUT2D eigenvalue weighted by molar-refractivity contribution is 7.71. The Morgan fingerprint density at radius 2 is 2.00 bits per heavy atom. The first-order chi connectivity index (χ1) is 7.77. The van der Waals surface area contributed by atoms with Gasteiger partial charge in [0.25, 0.3) is 0 Å². The van der Waals surface area contributed by atoms with Crippen molar-refractivity contribution in [2.45, 2.75) is 44.1 Å². The minimum Gasteiger partial charge on any atom is -0.370 e. The summed E-state index contributed by atoms with van der Waals surface area (Å²) in [6.07, 6.45) is 8.81. The summed E-state index contributed by atoms with van der Waals surface area (Å²) in [4.78, 5) is 7.58. The predicted molar refractivity (Wildman–Crippen MR) is 65.8 cm³/mol. The molecule has 0 amide bonds. The zero-order chi connectivity index (χ0) is 11.4. The Kier molecular flexibility index (Phi) is 3.71. The van der Waals surface area contributed by atoms with E-state index in [2.05, 4.69) is 9.97 Å². The zero-order valence-electron chi connectivity index (χ0n) is 9.66. The third-order valence-corrected chi connectivity index (χ3v) is 3.64. The van der Waals surface area contributed by atoms with Crippen molar-refractivity contribution in [1.29, 1.82) is 0 Å². The normalized spacial score (nSPS) is 20.3. The molecule has 0 bridgehead atoms. The van der Waals surface area contributed by atoms with Crippen LogP contribution in [0.1, 0.15) is 44.3 Å². The van der Waals surface area contributed by atoms with Gasteiger partial charge in [0.2, 0.25) is 0 Å². The molecule has 16 heavy (non-hydrogen) atoms. The van der Waals surface area contributed by atoms with Gasteiger partial charge in [-0.3, -0.25) is 0 Å². The Hall–Kier alpha value is -0.740. The lowest BCUT2D eigenvalue weighted by Crippen LogP contribution is -2.30. The van der Waals surface area contributed by atoms with Gasteiger partial charge in [0, 0.05) is 13.3 Å². The maximum absolute atomic E-state index is 5.76. The second-order valence-corrected chi connectivity index (χ2v) is 4.84. The fourth-order valence-electron chi connectivity index (χ4n) is 2.44. The van der Waals surface area contributed by atoms with Crippen LogP contribution in [0.2, 0.25) is 0 Å². The summed E-state index contributed by atoms with van der Waals surface area (Å²) in [5, 5.41) is 0. The minimum absolute atomic E-state index is 0.245. The summed E-state index contributed by atoms with van der Waals surface area (Å²) in [6.45, 7) is 0. The minimum atomic E-state index is -0.245. The molecular formula is C12H18N2OS. The van der Waals surface area contributed by atoms with Crippen molar-refractivity contribution >= 4 is 12.2 Å². The Morgan fingerprint density at radius 1 is 1.31 bits per heavy atom. The molecule has 1 heterocycles. The lowest BCUT2D eigenvalue weighted by molar-refractivity contribution is -0.0352. The Labute approximate surface area is 101 Å². The molecule has 0 spiro atoms. The third-order valence-electron chi connectivity index (χ3n) is 3.40. The smallest absolute Gasteiger partial charge is 0.139 e. The van der Waals surface area contributed by atoms with Gasteiger partial charge in [-0.05, 0) is 18.9 Å². The lowest BCUT2D eigenvalue weighted by atomic mass is 9.93. The van der Waals surface area contributed by atoms with Crippen molar-refractivity contribution in [2.75, 3.05) is 7.11 Å². The number of hydrogen-bond acceptors (Lipinski definition) is 3. The van der Waals surface area contributed by atoms with E-state index in [0.29, 0.717) is 0 Å². The molecule has 1 saturated carbocycles. The van der Waals surface area contributed by atoms with Crippen molar-refractivity contribution in [3.8, 4) is 0 Å². The molecule has 0 radical (unpaired) electrons. The summed E-state index contributed by atoms with van der Waals surface area (Å²) >= 11 is 5.15. The first-order valence-electron chi connectivity index (χ1n) is 5.88. The van der Waals surface area contributed by atoms with Gasteiger partial charge in [-0.2, -0.15) is 0 Å². The van der Waals surface area contributed by atoms with E-state index in [1.165, 1.54) is 25.7 Å². The van der Waals surface area contributed by atoms with E-state index in [4.69, 9.17) is 17.0 Å². The summed E-state index contributed by atoms with van der Waals surface area (Å²) in [5.41, 5.74) is -0.245. The van der Waals surface area contributed by atoms with Crippen molar-refractivity contribution in [3.05, 3.63) is 22.7 Å². The van der Waals surface area contributed by atoms with Gasteiger partial charge in [-0.1, -0.05) is 37.9 Å². The number of aromatic nitrogens is 2. The highest BCUT2D eigenvalue weighted by atomic mass is 32.1. The number of nitrogens with one attached hydrogen (secondary N) is 1. The van der Waals surface area contributed by atoms with E-state index >= 15 is 0 Å². The van der Waals surface area contributed by atoms with Gasteiger partial charge in [-0.25, -0.2) is 4.98 Å². The van der Waals surface area contributed by atoms with Crippen LogP contribution in [0, 0.1) is 4.64 Å². The van der Waals surface area contributed by atoms with Crippen LogP contribution in [-0.4, -0.2) is 17.1 Å². The second kappa shape index (κ2) is 5.06. The van der Waals surface area contributed by atoms with Gasteiger partial charge in [0.15, 0.2) is 0 Å². The summed E-state index contributed by atoms with van der Waals surface area (Å²) in [6, 6.07) is 1.80.